The van der Waals surface area contributed by atoms with Gasteiger partial charge >= 0.3 is 0 Å². The van der Waals surface area contributed by atoms with E-state index in [1.807, 2.05) is 76.2 Å². The first-order valence-electron chi connectivity index (χ1n) is 9.99. The molecular weight excluding hydrogens is 320 g/mol. The highest BCUT2D eigenvalue weighted by molar-refractivity contribution is 5.93. The van der Waals surface area contributed by atoms with Gasteiger partial charge in [-0.05, 0) is 37.4 Å². The number of benzene rings is 2. The molecule has 26 heavy (non-hydrogen) atoms. The third-order valence-corrected chi connectivity index (χ3v) is 4.41. The third-order valence-electron chi connectivity index (χ3n) is 4.41. The maximum atomic E-state index is 12.7. The number of rotatable bonds is 5. The van der Waals surface area contributed by atoms with Gasteiger partial charge in [-0.25, -0.2) is 0 Å². The van der Waals surface area contributed by atoms with Crippen molar-refractivity contribution in [3.63, 3.8) is 0 Å². The lowest BCUT2D eigenvalue weighted by atomic mass is 10.1. The van der Waals surface area contributed by atoms with Gasteiger partial charge in [-0.2, -0.15) is 0 Å². The molecule has 1 aromatic heterocycles. The van der Waals surface area contributed by atoms with Crippen LogP contribution in [0.1, 0.15) is 41.5 Å². The number of likely N-dealkylation sites (N-methyl/N-ethyl adjacent to an activating group) is 1. The Hall–Kier alpha value is -2.13. The number of hydrogen-bond acceptors (Lipinski definition) is 2. The Morgan fingerprint density at radius 3 is 1.62 bits per heavy atom. The highest BCUT2D eigenvalue weighted by Crippen LogP contribution is 2.19. The Kier molecular flexibility index (Phi) is 9.67. The normalized spacial score (nSPS) is 10.3. The summed E-state index contributed by atoms with van der Waals surface area (Å²) in [5, 5.41) is 1.61. The minimum Gasteiger partial charge on any atom is -0.339 e. The smallest absolute Gasteiger partial charge is 0.197 e. The second-order valence-corrected chi connectivity index (χ2v) is 5.54. The SMILES string of the molecule is CC.CC.CCN(CC)CCn1c2ccccc2c(=O)c2ccccc21. The van der Waals surface area contributed by atoms with Crippen LogP contribution in [0.4, 0.5) is 0 Å². The van der Waals surface area contributed by atoms with E-state index in [2.05, 4.69) is 23.3 Å². The van der Waals surface area contributed by atoms with Crippen molar-refractivity contribution >= 4 is 21.8 Å². The molecule has 0 amide bonds. The molecule has 0 unspecified atom stereocenters. The zero-order chi connectivity index (χ0) is 19.5. The summed E-state index contributed by atoms with van der Waals surface area (Å²) in [6.45, 7) is 16.3. The molecule has 3 nitrogen and oxygen atoms in total. The molecule has 0 N–H and O–H groups in total. The Labute approximate surface area is 158 Å². The number of nitrogens with zero attached hydrogens (tertiary/aromatic N) is 2. The summed E-state index contributed by atoms with van der Waals surface area (Å²) in [4.78, 5) is 15.1. The van der Waals surface area contributed by atoms with E-state index in [0.29, 0.717) is 0 Å². The molecule has 0 fully saturated rings. The van der Waals surface area contributed by atoms with Crippen LogP contribution in [0.3, 0.4) is 0 Å². The van der Waals surface area contributed by atoms with Crippen LogP contribution >= 0.6 is 0 Å². The van der Waals surface area contributed by atoms with Crippen molar-refractivity contribution in [3.8, 4) is 0 Å². The van der Waals surface area contributed by atoms with Gasteiger partial charge in [0.15, 0.2) is 5.43 Å². The van der Waals surface area contributed by atoms with Gasteiger partial charge in [0, 0.05) is 23.9 Å². The summed E-state index contributed by atoms with van der Waals surface area (Å²) < 4.78 is 2.28. The lowest BCUT2D eigenvalue weighted by Gasteiger charge is -2.21. The number of aromatic nitrogens is 1. The zero-order valence-corrected chi connectivity index (χ0v) is 17.2. The van der Waals surface area contributed by atoms with Gasteiger partial charge in [0.2, 0.25) is 0 Å². The van der Waals surface area contributed by atoms with Gasteiger partial charge < -0.3 is 9.47 Å². The molecule has 142 valence electrons. The van der Waals surface area contributed by atoms with Crippen molar-refractivity contribution in [2.75, 3.05) is 19.6 Å². The van der Waals surface area contributed by atoms with Crippen molar-refractivity contribution in [1.29, 1.82) is 0 Å². The lowest BCUT2D eigenvalue weighted by Crippen LogP contribution is -2.27. The van der Waals surface area contributed by atoms with Crippen LogP contribution in [0.2, 0.25) is 0 Å². The van der Waals surface area contributed by atoms with E-state index in [4.69, 9.17) is 0 Å². The average molecular weight is 355 g/mol. The van der Waals surface area contributed by atoms with Crippen LogP contribution in [0.15, 0.2) is 53.3 Å². The van der Waals surface area contributed by atoms with E-state index in [-0.39, 0.29) is 5.43 Å². The largest absolute Gasteiger partial charge is 0.339 e. The van der Waals surface area contributed by atoms with E-state index in [1.165, 1.54) is 0 Å². The molecular formula is C23H34N2O. The minimum atomic E-state index is 0.130. The Balaban J connectivity index is 0.000000791. The standard InChI is InChI=1S/C19H22N2O.2C2H6/c1-3-20(4-2)13-14-21-17-11-7-5-9-15(17)19(22)16-10-6-8-12-18(16)21;2*1-2/h5-12H,3-4,13-14H2,1-2H3;2*1-2H3. The summed E-state index contributed by atoms with van der Waals surface area (Å²) in [5.41, 5.74) is 2.18. The van der Waals surface area contributed by atoms with E-state index < -0.39 is 0 Å². The van der Waals surface area contributed by atoms with Gasteiger partial charge in [-0.3, -0.25) is 4.79 Å². The third kappa shape index (κ3) is 4.73. The number of pyridine rings is 1. The highest BCUT2D eigenvalue weighted by atomic mass is 16.1. The van der Waals surface area contributed by atoms with E-state index in [0.717, 1.165) is 48.0 Å². The maximum Gasteiger partial charge on any atom is 0.197 e. The highest BCUT2D eigenvalue weighted by Gasteiger charge is 2.10. The first kappa shape index (κ1) is 21.9. The molecule has 2 aromatic carbocycles. The summed E-state index contributed by atoms with van der Waals surface area (Å²) in [6.07, 6.45) is 0. The van der Waals surface area contributed by atoms with E-state index in [1.54, 1.807) is 0 Å². The number of fused-ring (bicyclic) bond motifs is 2. The van der Waals surface area contributed by atoms with Crippen molar-refractivity contribution in [1.82, 2.24) is 9.47 Å². The van der Waals surface area contributed by atoms with E-state index >= 15 is 0 Å². The molecule has 0 aliphatic heterocycles. The lowest BCUT2D eigenvalue weighted by molar-refractivity contribution is 0.293. The predicted octanol–water partition coefficient (Wildman–Crippen LogP) is 5.55. The van der Waals surface area contributed by atoms with Crippen molar-refractivity contribution in [2.45, 2.75) is 48.1 Å². The first-order chi connectivity index (χ1) is 12.8. The van der Waals surface area contributed by atoms with Gasteiger partial charge in [-0.15, -0.1) is 0 Å². The quantitative estimate of drug-likeness (QED) is 0.561. The monoisotopic (exact) mass is 354 g/mol. The summed E-state index contributed by atoms with van der Waals surface area (Å²) in [5.74, 6) is 0. The topological polar surface area (TPSA) is 25.2 Å². The van der Waals surface area contributed by atoms with Crippen LogP contribution < -0.4 is 5.43 Å². The molecule has 3 heteroatoms. The van der Waals surface area contributed by atoms with Gasteiger partial charge in [-0.1, -0.05) is 65.8 Å². The Morgan fingerprint density at radius 1 is 0.769 bits per heavy atom. The molecule has 1 heterocycles. The van der Waals surface area contributed by atoms with Crippen LogP contribution in [0, 0.1) is 0 Å². The molecule has 0 saturated heterocycles. The zero-order valence-electron chi connectivity index (χ0n) is 17.2. The van der Waals surface area contributed by atoms with Crippen LogP contribution in [-0.4, -0.2) is 29.1 Å². The first-order valence-corrected chi connectivity index (χ1v) is 9.99. The molecule has 3 rings (SSSR count). The molecule has 0 radical (unpaired) electrons. The van der Waals surface area contributed by atoms with Crippen molar-refractivity contribution in [3.05, 3.63) is 58.8 Å². The molecule has 0 saturated carbocycles. The fourth-order valence-electron chi connectivity index (χ4n) is 3.10. The molecule has 0 bridgehead atoms. The molecule has 0 aliphatic rings. The van der Waals surface area contributed by atoms with Gasteiger partial charge in [0.1, 0.15) is 0 Å². The minimum absolute atomic E-state index is 0.130. The van der Waals surface area contributed by atoms with Gasteiger partial charge in [0.25, 0.3) is 0 Å². The fraction of sp³-hybridized carbons (Fsp3) is 0.435. The van der Waals surface area contributed by atoms with Crippen LogP contribution in [0.5, 0.6) is 0 Å². The maximum absolute atomic E-state index is 12.7. The van der Waals surface area contributed by atoms with Crippen molar-refractivity contribution in [2.24, 2.45) is 0 Å². The van der Waals surface area contributed by atoms with Crippen LogP contribution in [-0.2, 0) is 6.54 Å². The summed E-state index contributed by atoms with van der Waals surface area (Å²) in [6, 6.07) is 15.8. The summed E-state index contributed by atoms with van der Waals surface area (Å²) in [7, 11) is 0. The van der Waals surface area contributed by atoms with Gasteiger partial charge in [0.05, 0.1) is 11.0 Å². The summed E-state index contributed by atoms with van der Waals surface area (Å²) >= 11 is 0. The predicted molar refractivity (Wildman–Crippen MR) is 116 cm³/mol. The Morgan fingerprint density at radius 2 is 1.19 bits per heavy atom. The van der Waals surface area contributed by atoms with Crippen LogP contribution in [0.25, 0.3) is 21.8 Å². The number of para-hydroxylation sites is 2. The number of hydrogen-bond donors (Lipinski definition) is 0. The molecule has 0 spiro atoms. The fourth-order valence-corrected chi connectivity index (χ4v) is 3.10. The second kappa shape index (κ2) is 11.5. The average Bonchev–Trinajstić information content (AvgIpc) is 2.74. The molecule has 0 aliphatic carbocycles. The second-order valence-electron chi connectivity index (χ2n) is 5.54. The van der Waals surface area contributed by atoms with E-state index in [9.17, 15) is 4.79 Å². The Bertz CT molecular complexity index is 788. The molecule has 0 atom stereocenters. The van der Waals surface area contributed by atoms with Crippen molar-refractivity contribution < 1.29 is 0 Å². The molecule has 3 aromatic rings.